The molecular formula is C14H19NO8. The van der Waals surface area contributed by atoms with E-state index in [0.717, 1.165) is 6.92 Å². The SMILES string of the molecule is CC(=O)O[C@@H](CC(=O)OC(C)(C)C)C(=O)ON1C(=O)CCC1=O. The van der Waals surface area contributed by atoms with E-state index >= 15 is 0 Å². The number of carbonyl (C=O) groups excluding carboxylic acids is 5. The summed E-state index contributed by atoms with van der Waals surface area (Å²) in [7, 11) is 0. The molecule has 0 N–H and O–H groups in total. The summed E-state index contributed by atoms with van der Waals surface area (Å²) in [5.41, 5.74) is -0.789. The summed E-state index contributed by atoms with van der Waals surface area (Å²) < 4.78 is 9.74. The first kappa shape index (κ1) is 18.6. The fourth-order valence-electron chi connectivity index (χ4n) is 1.71. The summed E-state index contributed by atoms with van der Waals surface area (Å²) in [5.74, 6) is -4.17. The van der Waals surface area contributed by atoms with Crippen LogP contribution in [-0.2, 0) is 38.3 Å². The fourth-order valence-corrected chi connectivity index (χ4v) is 1.71. The molecule has 0 spiro atoms. The number of carbonyl (C=O) groups is 5. The quantitative estimate of drug-likeness (QED) is 0.521. The molecule has 0 saturated carbocycles. The Hall–Kier alpha value is -2.45. The summed E-state index contributed by atoms with van der Waals surface area (Å²) >= 11 is 0. The smallest absolute Gasteiger partial charge is 0.374 e. The van der Waals surface area contributed by atoms with Gasteiger partial charge >= 0.3 is 17.9 Å². The van der Waals surface area contributed by atoms with Crippen molar-refractivity contribution in [1.29, 1.82) is 0 Å². The molecule has 1 fully saturated rings. The lowest BCUT2D eigenvalue weighted by molar-refractivity contribution is -0.206. The number of imide groups is 1. The average Bonchev–Trinajstić information content (AvgIpc) is 2.66. The minimum Gasteiger partial charge on any atom is -0.460 e. The van der Waals surface area contributed by atoms with Gasteiger partial charge in [0.15, 0.2) is 0 Å². The van der Waals surface area contributed by atoms with Crippen LogP contribution in [0.5, 0.6) is 0 Å². The van der Waals surface area contributed by atoms with Gasteiger partial charge in [-0.2, -0.15) is 0 Å². The topological polar surface area (TPSA) is 116 Å². The van der Waals surface area contributed by atoms with E-state index in [-0.39, 0.29) is 12.8 Å². The van der Waals surface area contributed by atoms with Gasteiger partial charge in [0, 0.05) is 19.8 Å². The van der Waals surface area contributed by atoms with Gasteiger partial charge in [0.05, 0.1) is 6.42 Å². The van der Waals surface area contributed by atoms with Crippen LogP contribution in [0.15, 0.2) is 0 Å². The van der Waals surface area contributed by atoms with Crippen LogP contribution >= 0.6 is 0 Å². The van der Waals surface area contributed by atoms with Crippen LogP contribution in [0.2, 0.25) is 0 Å². The highest BCUT2D eigenvalue weighted by Gasteiger charge is 2.37. The van der Waals surface area contributed by atoms with Crippen molar-refractivity contribution >= 4 is 29.7 Å². The van der Waals surface area contributed by atoms with Crippen LogP contribution in [0, 0.1) is 0 Å². The van der Waals surface area contributed by atoms with Gasteiger partial charge < -0.3 is 14.3 Å². The van der Waals surface area contributed by atoms with Crippen molar-refractivity contribution in [3.05, 3.63) is 0 Å². The fraction of sp³-hybridized carbons (Fsp3) is 0.643. The highest BCUT2D eigenvalue weighted by Crippen LogP contribution is 2.16. The van der Waals surface area contributed by atoms with Crippen LogP contribution in [0.1, 0.15) is 47.0 Å². The zero-order valence-corrected chi connectivity index (χ0v) is 13.4. The molecule has 1 atom stereocenters. The maximum Gasteiger partial charge on any atom is 0.374 e. The monoisotopic (exact) mass is 329 g/mol. The molecule has 23 heavy (non-hydrogen) atoms. The lowest BCUT2D eigenvalue weighted by Crippen LogP contribution is -2.39. The van der Waals surface area contributed by atoms with E-state index in [1.54, 1.807) is 20.8 Å². The lowest BCUT2D eigenvalue weighted by Gasteiger charge is -2.22. The molecule has 9 nitrogen and oxygen atoms in total. The van der Waals surface area contributed by atoms with Crippen LogP contribution in [-0.4, -0.2) is 46.5 Å². The number of ether oxygens (including phenoxy) is 2. The highest BCUT2D eigenvalue weighted by molar-refractivity contribution is 6.02. The second-order valence-electron chi connectivity index (χ2n) is 5.88. The predicted octanol–water partition coefficient (Wildman–Crippen LogP) is 0.257. The molecule has 1 saturated heterocycles. The molecule has 1 aliphatic rings. The molecule has 128 valence electrons. The van der Waals surface area contributed by atoms with Crippen molar-refractivity contribution in [2.24, 2.45) is 0 Å². The molecule has 2 amide bonds. The van der Waals surface area contributed by atoms with Gasteiger partial charge in [-0.05, 0) is 20.8 Å². The molecule has 0 aromatic carbocycles. The number of amides is 2. The lowest BCUT2D eigenvalue weighted by atomic mass is 10.2. The van der Waals surface area contributed by atoms with Gasteiger partial charge in [0.25, 0.3) is 11.8 Å². The predicted molar refractivity (Wildman–Crippen MR) is 73.2 cm³/mol. The van der Waals surface area contributed by atoms with Crippen LogP contribution in [0.3, 0.4) is 0 Å². The largest absolute Gasteiger partial charge is 0.460 e. The third-order valence-electron chi connectivity index (χ3n) is 2.53. The molecule has 1 rings (SSSR count). The van der Waals surface area contributed by atoms with E-state index in [1.807, 2.05) is 0 Å². The molecule has 0 aliphatic carbocycles. The van der Waals surface area contributed by atoms with E-state index in [1.165, 1.54) is 0 Å². The number of rotatable bonds is 5. The Kier molecular flexibility index (Phi) is 5.83. The number of esters is 2. The van der Waals surface area contributed by atoms with Crippen molar-refractivity contribution in [3.63, 3.8) is 0 Å². The second-order valence-corrected chi connectivity index (χ2v) is 5.88. The first-order chi connectivity index (χ1) is 10.5. The van der Waals surface area contributed by atoms with Crippen LogP contribution < -0.4 is 0 Å². The Balaban J connectivity index is 2.74. The Labute approximate surface area is 132 Å². The summed E-state index contributed by atoms with van der Waals surface area (Å²) in [6.07, 6.45) is -2.35. The summed E-state index contributed by atoms with van der Waals surface area (Å²) in [5, 5.41) is 0.313. The zero-order valence-electron chi connectivity index (χ0n) is 13.4. The van der Waals surface area contributed by atoms with Crippen molar-refractivity contribution in [2.45, 2.75) is 58.7 Å². The Morgan fingerprint density at radius 2 is 1.65 bits per heavy atom. The van der Waals surface area contributed by atoms with Crippen molar-refractivity contribution < 1.29 is 38.3 Å². The maximum atomic E-state index is 12.0. The van der Waals surface area contributed by atoms with Gasteiger partial charge in [-0.3, -0.25) is 19.2 Å². The van der Waals surface area contributed by atoms with Crippen LogP contribution in [0.25, 0.3) is 0 Å². The molecule has 0 unspecified atom stereocenters. The van der Waals surface area contributed by atoms with Crippen molar-refractivity contribution in [1.82, 2.24) is 5.06 Å². The van der Waals surface area contributed by atoms with Gasteiger partial charge in [-0.15, -0.1) is 5.06 Å². The number of hydrogen-bond acceptors (Lipinski definition) is 8. The minimum atomic E-state index is -1.61. The normalized spacial score (nSPS) is 16.1. The van der Waals surface area contributed by atoms with Gasteiger partial charge in [-0.1, -0.05) is 0 Å². The molecule has 9 heteroatoms. The van der Waals surface area contributed by atoms with Gasteiger partial charge in [-0.25, -0.2) is 4.79 Å². The molecule has 0 aromatic heterocycles. The summed E-state index contributed by atoms with van der Waals surface area (Å²) in [4.78, 5) is 62.2. The van der Waals surface area contributed by atoms with E-state index < -0.39 is 47.8 Å². The van der Waals surface area contributed by atoms with Gasteiger partial charge in [0.1, 0.15) is 5.60 Å². The van der Waals surface area contributed by atoms with Gasteiger partial charge in [0.2, 0.25) is 6.10 Å². The first-order valence-electron chi connectivity index (χ1n) is 6.96. The molecule has 0 aromatic rings. The van der Waals surface area contributed by atoms with E-state index in [9.17, 15) is 24.0 Å². The van der Waals surface area contributed by atoms with Crippen LogP contribution in [0.4, 0.5) is 0 Å². The molecule has 0 radical (unpaired) electrons. The third kappa shape index (κ3) is 6.05. The Bertz CT molecular complexity index is 517. The maximum absolute atomic E-state index is 12.0. The third-order valence-corrected chi connectivity index (χ3v) is 2.53. The van der Waals surface area contributed by atoms with E-state index in [2.05, 4.69) is 4.84 Å². The number of hydrogen-bond donors (Lipinski definition) is 0. The Morgan fingerprint density at radius 1 is 1.13 bits per heavy atom. The standard InChI is InChI=1S/C14H19NO8/c1-8(16)21-9(7-12(19)22-14(2,3)4)13(20)23-15-10(17)5-6-11(15)18/h9H,5-7H2,1-4H3/t9-/m0/s1. The molecule has 1 aliphatic heterocycles. The summed E-state index contributed by atoms with van der Waals surface area (Å²) in [6.45, 7) is 5.93. The minimum absolute atomic E-state index is 0.0730. The highest BCUT2D eigenvalue weighted by atomic mass is 16.7. The number of hydroxylamine groups is 2. The average molecular weight is 329 g/mol. The second kappa shape index (κ2) is 7.21. The van der Waals surface area contributed by atoms with E-state index in [4.69, 9.17) is 9.47 Å². The first-order valence-corrected chi connectivity index (χ1v) is 6.96. The molecule has 1 heterocycles. The Morgan fingerprint density at radius 3 is 2.09 bits per heavy atom. The van der Waals surface area contributed by atoms with Crippen molar-refractivity contribution in [2.75, 3.05) is 0 Å². The van der Waals surface area contributed by atoms with Crippen molar-refractivity contribution in [3.8, 4) is 0 Å². The number of nitrogens with zero attached hydrogens (tertiary/aromatic N) is 1. The molecular weight excluding hydrogens is 310 g/mol. The summed E-state index contributed by atoms with van der Waals surface area (Å²) in [6, 6.07) is 0. The van der Waals surface area contributed by atoms with E-state index in [0.29, 0.717) is 5.06 Å². The zero-order chi connectivity index (χ0) is 17.8. The molecule has 0 bridgehead atoms.